The van der Waals surface area contributed by atoms with E-state index < -0.39 is 0 Å². The van der Waals surface area contributed by atoms with Gasteiger partial charge in [-0.15, -0.1) is 0 Å². The van der Waals surface area contributed by atoms with E-state index in [9.17, 15) is 4.79 Å². The van der Waals surface area contributed by atoms with E-state index in [1.54, 1.807) is 6.20 Å². The smallest absolute Gasteiger partial charge is 0.230 e. The fourth-order valence-electron chi connectivity index (χ4n) is 2.17. The first-order valence-corrected chi connectivity index (χ1v) is 8.81. The number of rotatable bonds is 6. The topological polar surface area (TPSA) is 46.9 Å². The number of imidazole rings is 1. The van der Waals surface area contributed by atoms with E-state index >= 15 is 0 Å². The zero-order valence-corrected chi connectivity index (χ0v) is 14.4. The first kappa shape index (κ1) is 16.6. The van der Waals surface area contributed by atoms with Gasteiger partial charge in [0.15, 0.2) is 5.16 Å². The number of hydrogen-bond donors (Lipinski definition) is 1. The number of nitrogens with one attached hydrogen (secondary N) is 1. The van der Waals surface area contributed by atoms with Gasteiger partial charge in [-0.3, -0.25) is 9.36 Å². The minimum atomic E-state index is -0.0190. The van der Waals surface area contributed by atoms with Crippen LogP contribution in [0.3, 0.4) is 0 Å². The highest BCUT2D eigenvalue weighted by Crippen LogP contribution is 2.21. The molecule has 2 aromatic carbocycles. The van der Waals surface area contributed by atoms with Crippen LogP contribution >= 0.6 is 23.4 Å². The summed E-state index contributed by atoms with van der Waals surface area (Å²) in [4.78, 5) is 16.3. The minimum Gasteiger partial charge on any atom is -0.351 e. The number of amides is 1. The highest BCUT2D eigenvalue weighted by molar-refractivity contribution is 7.99. The number of halogens is 1. The Morgan fingerprint density at radius 1 is 1.12 bits per heavy atom. The quantitative estimate of drug-likeness (QED) is 0.680. The second-order valence-electron chi connectivity index (χ2n) is 5.11. The molecule has 1 heterocycles. The molecule has 3 rings (SSSR count). The molecule has 0 fully saturated rings. The van der Waals surface area contributed by atoms with Gasteiger partial charge in [0, 0.05) is 29.6 Å². The van der Waals surface area contributed by atoms with Crippen molar-refractivity contribution in [1.29, 1.82) is 0 Å². The Kier molecular flexibility index (Phi) is 5.56. The molecule has 0 unspecified atom stereocenters. The third kappa shape index (κ3) is 4.40. The van der Waals surface area contributed by atoms with Crippen molar-refractivity contribution in [3.63, 3.8) is 0 Å². The lowest BCUT2D eigenvalue weighted by atomic mass is 10.2. The molecule has 1 aromatic heterocycles. The molecule has 0 aliphatic heterocycles. The second kappa shape index (κ2) is 8.04. The van der Waals surface area contributed by atoms with Crippen LogP contribution in [0.4, 0.5) is 0 Å². The molecule has 3 aromatic rings. The van der Waals surface area contributed by atoms with Gasteiger partial charge in [0.05, 0.1) is 5.75 Å². The van der Waals surface area contributed by atoms with Crippen molar-refractivity contribution >= 4 is 29.3 Å². The molecule has 0 atom stereocenters. The Hall–Kier alpha value is -2.24. The molecule has 0 saturated heterocycles. The zero-order valence-electron chi connectivity index (χ0n) is 12.9. The highest BCUT2D eigenvalue weighted by atomic mass is 35.5. The molecule has 0 spiro atoms. The summed E-state index contributed by atoms with van der Waals surface area (Å²) in [6.07, 6.45) is 3.59. The predicted octanol–water partition coefficient (Wildman–Crippen LogP) is 3.93. The molecule has 1 amide bonds. The molecule has 0 radical (unpaired) electrons. The average Bonchev–Trinajstić information content (AvgIpc) is 3.08. The van der Waals surface area contributed by atoms with Crippen molar-refractivity contribution < 1.29 is 4.79 Å². The molecule has 24 heavy (non-hydrogen) atoms. The maximum Gasteiger partial charge on any atom is 0.230 e. The van der Waals surface area contributed by atoms with Gasteiger partial charge in [-0.25, -0.2) is 4.98 Å². The summed E-state index contributed by atoms with van der Waals surface area (Å²) in [6.45, 7) is 0.534. The Labute approximate surface area is 149 Å². The van der Waals surface area contributed by atoms with Crippen LogP contribution in [0.15, 0.2) is 72.1 Å². The highest BCUT2D eigenvalue weighted by Gasteiger charge is 2.09. The summed E-state index contributed by atoms with van der Waals surface area (Å²) in [5.41, 5.74) is 2.04. The third-order valence-electron chi connectivity index (χ3n) is 3.38. The van der Waals surface area contributed by atoms with Crippen LogP contribution in [-0.2, 0) is 11.3 Å². The Morgan fingerprint density at radius 3 is 2.62 bits per heavy atom. The molecule has 4 nitrogen and oxygen atoms in total. The first-order valence-electron chi connectivity index (χ1n) is 7.45. The zero-order chi connectivity index (χ0) is 16.8. The van der Waals surface area contributed by atoms with Crippen LogP contribution in [-0.4, -0.2) is 21.2 Å². The number of aromatic nitrogens is 2. The summed E-state index contributed by atoms with van der Waals surface area (Å²) >= 11 is 7.32. The van der Waals surface area contributed by atoms with Crippen molar-refractivity contribution in [3.8, 4) is 5.69 Å². The fourth-order valence-corrected chi connectivity index (χ4v) is 3.10. The maximum absolute atomic E-state index is 12.0. The Bertz CT molecular complexity index is 803. The molecule has 6 heteroatoms. The lowest BCUT2D eigenvalue weighted by Gasteiger charge is -2.08. The number of benzene rings is 2. The van der Waals surface area contributed by atoms with Crippen LogP contribution in [0.2, 0.25) is 5.02 Å². The van der Waals surface area contributed by atoms with Gasteiger partial charge in [0.2, 0.25) is 5.91 Å². The SMILES string of the molecule is O=C(CSc1nccn1-c1ccc(Cl)cc1)NCc1ccccc1. The lowest BCUT2D eigenvalue weighted by Crippen LogP contribution is -2.24. The molecule has 0 bridgehead atoms. The predicted molar refractivity (Wildman–Crippen MR) is 97.6 cm³/mol. The molecule has 0 aliphatic rings. The van der Waals surface area contributed by atoms with Gasteiger partial charge >= 0.3 is 0 Å². The molecular weight excluding hydrogens is 342 g/mol. The van der Waals surface area contributed by atoms with Crippen molar-refractivity contribution in [2.45, 2.75) is 11.7 Å². The summed E-state index contributed by atoms with van der Waals surface area (Å²) in [6, 6.07) is 17.3. The van der Waals surface area contributed by atoms with E-state index in [0.29, 0.717) is 17.3 Å². The van der Waals surface area contributed by atoms with Gasteiger partial charge in [0.1, 0.15) is 0 Å². The largest absolute Gasteiger partial charge is 0.351 e. The number of carbonyl (C=O) groups excluding carboxylic acids is 1. The van der Waals surface area contributed by atoms with E-state index in [1.807, 2.05) is 65.4 Å². The van der Waals surface area contributed by atoms with Crippen LogP contribution in [0.5, 0.6) is 0 Å². The van der Waals surface area contributed by atoms with Crippen molar-refractivity contribution in [2.75, 3.05) is 5.75 Å². The number of nitrogens with zero attached hydrogens (tertiary/aromatic N) is 2. The van der Waals surface area contributed by atoms with Gasteiger partial charge in [0.25, 0.3) is 0 Å². The summed E-state index contributed by atoms with van der Waals surface area (Å²) in [7, 11) is 0. The summed E-state index contributed by atoms with van der Waals surface area (Å²) in [5, 5.41) is 4.37. The van der Waals surface area contributed by atoms with Crippen LogP contribution in [0.1, 0.15) is 5.56 Å². The molecule has 0 saturated carbocycles. The van der Waals surface area contributed by atoms with Gasteiger partial charge < -0.3 is 5.32 Å². The van der Waals surface area contributed by atoms with E-state index in [2.05, 4.69) is 10.3 Å². The van der Waals surface area contributed by atoms with Gasteiger partial charge in [-0.1, -0.05) is 53.7 Å². The van der Waals surface area contributed by atoms with Crippen LogP contribution in [0.25, 0.3) is 5.69 Å². The van der Waals surface area contributed by atoms with Crippen molar-refractivity contribution in [3.05, 3.63) is 77.6 Å². The minimum absolute atomic E-state index is 0.0190. The van der Waals surface area contributed by atoms with Gasteiger partial charge in [-0.05, 0) is 29.8 Å². The first-order chi connectivity index (χ1) is 11.7. The molecule has 122 valence electrons. The van der Waals surface area contributed by atoms with E-state index in [-0.39, 0.29) is 5.91 Å². The second-order valence-corrected chi connectivity index (χ2v) is 6.49. The fraction of sp³-hybridized carbons (Fsp3) is 0.111. The van der Waals surface area contributed by atoms with Gasteiger partial charge in [-0.2, -0.15) is 0 Å². The lowest BCUT2D eigenvalue weighted by molar-refractivity contribution is -0.118. The van der Waals surface area contributed by atoms with Crippen LogP contribution < -0.4 is 5.32 Å². The normalized spacial score (nSPS) is 10.5. The average molecular weight is 358 g/mol. The maximum atomic E-state index is 12.0. The molecule has 0 aliphatic carbocycles. The number of thioether (sulfide) groups is 1. The standard InChI is InChI=1S/C18H16ClN3OS/c19-15-6-8-16(9-7-15)22-11-10-20-18(22)24-13-17(23)21-12-14-4-2-1-3-5-14/h1-11H,12-13H2,(H,21,23). The van der Waals surface area contributed by atoms with E-state index in [4.69, 9.17) is 11.6 Å². The molecular formula is C18H16ClN3OS. The summed E-state index contributed by atoms with van der Waals surface area (Å²) in [5.74, 6) is 0.298. The number of carbonyl (C=O) groups is 1. The molecule has 1 N–H and O–H groups in total. The Morgan fingerprint density at radius 2 is 1.88 bits per heavy atom. The number of hydrogen-bond acceptors (Lipinski definition) is 3. The Balaban J connectivity index is 1.56. The van der Waals surface area contributed by atoms with E-state index in [1.165, 1.54) is 11.8 Å². The van der Waals surface area contributed by atoms with Crippen molar-refractivity contribution in [1.82, 2.24) is 14.9 Å². The summed E-state index contributed by atoms with van der Waals surface area (Å²) < 4.78 is 1.94. The van der Waals surface area contributed by atoms with Crippen molar-refractivity contribution in [2.24, 2.45) is 0 Å². The van der Waals surface area contributed by atoms with Crippen LogP contribution in [0, 0.1) is 0 Å². The van der Waals surface area contributed by atoms with E-state index in [0.717, 1.165) is 16.4 Å². The monoisotopic (exact) mass is 357 g/mol. The third-order valence-corrected chi connectivity index (χ3v) is 4.60.